The predicted molar refractivity (Wildman–Crippen MR) is 96.0 cm³/mol. The summed E-state index contributed by atoms with van der Waals surface area (Å²) in [5.41, 5.74) is 0.189. The lowest BCUT2D eigenvalue weighted by atomic mass is 10.1. The molecule has 1 heterocycles. The van der Waals surface area contributed by atoms with Gasteiger partial charge in [0, 0.05) is 34.4 Å². The lowest BCUT2D eigenvalue weighted by molar-refractivity contribution is 0.210. The Balaban J connectivity index is 2.50. The number of thiophene rings is 1. The minimum absolute atomic E-state index is 0.189. The van der Waals surface area contributed by atoms with Crippen LogP contribution < -0.4 is 5.32 Å². The summed E-state index contributed by atoms with van der Waals surface area (Å²) in [6, 6.07) is 5.21. The summed E-state index contributed by atoms with van der Waals surface area (Å²) < 4.78 is 0. The van der Waals surface area contributed by atoms with E-state index in [9.17, 15) is 0 Å². The average molecular weight is 311 g/mol. The van der Waals surface area contributed by atoms with Crippen LogP contribution in [-0.2, 0) is 13.1 Å². The third-order valence-corrected chi connectivity index (χ3v) is 4.72. The summed E-state index contributed by atoms with van der Waals surface area (Å²) in [5, 5.41) is 3.57. The third-order valence-electron chi connectivity index (χ3n) is 3.65. The summed E-state index contributed by atoms with van der Waals surface area (Å²) in [7, 11) is 0. The van der Waals surface area contributed by atoms with Gasteiger partial charge in [0.2, 0.25) is 0 Å². The fraction of sp³-hybridized carbons (Fsp3) is 0.778. The van der Waals surface area contributed by atoms with E-state index in [-0.39, 0.29) is 5.54 Å². The van der Waals surface area contributed by atoms with Crippen LogP contribution in [0.3, 0.4) is 0 Å². The van der Waals surface area contributed by atoms with Gasteiger partial charge in [0.25, 0.3) is 0 Å². The molecule has 0 radical (unpaired) electrons. The molecule has 0 fully saturated rings. The van der Waals surface area contributed by atoms with Crippen LogP contribution in [0.5, 0.6) is 0 Å². The van der Waals surface area contributed by atoms with Crippen LogP contribution in [0.1, 0.15) is 70.6 Å². The maximum absolute atomic E-state index is 3.57. The van der Waals surface area contributed by atoms with Gasteiger partial charge in [0.15, 0.2) is 0 Å². The summed E-state index contributed by atoms with van der Waals surface area (Å²) in [5.74, 6) is 0. The van der Waals surface area contributed by atoms with Crippen molar-refractivity contribution in [2.45, 2.75) is 85.5 Å². The van der Waals surface area contributed by atoms with Crippen LogP contribution in [0.4, 0.5) is 0 Å². The minimum Gasteiger partial charge on any atom is -0.307 e. The Hall–Kier alpha value is -0.380. The van der Waals surface area contributed by atoms with Crippen molar-refractivity contribution in [2.24, 2.45) is 0 Å². The molecule has 1 aromatic heterocycles. The molecule has 0 amide bonds. The molecule has 0 saturated carbocycles. The Labute approximate surface area is 135 Å². The zero-order valence-corrected chi connectivity index (χ0v) is 15.6. The molecule has 21 heavy (non-hydrogen) atoms. The second-order valence-electron chi connectivity index (χ2n) is 7.24. The molecule has 0 saturated heterocycles. The second-order valence-corrected chi connectivity index (χ2v) is 8.50. The van der Waals surface area contributed by atoms with E-state index >= 15 is 0 Å². The van der Waals surface area contributed by atoms with Gasteiger partial charge < -0.3 is 5.32 Å². The molecule has 0 atom stereocenters. The van der Waals surface area contributed by atoms with Crippen molar-refractivity contribution in [3.8, 4) is 0 Å². The Kier molecular flexibility index (Phi) is 7.93. The lowest BCUT2D eigenvalue weighted by Gasteiger charge is -2.25. The largest absolute Gasteiger partial charge is 0.307 e. The fourth-order valence-electron chi connectivity index (χ4n) is 2.24. The number of nitrogens with one attached hydrogen (secondary N) is 1. The van der Waals surface area contributed by atoms with Gasteiger partial charge in [-0.15, -0.1) is 11.3 Å². The summed E-state index contributed by atoms with van der Waals surface area (Å²) in [6.45, 7) is 16.8. The van der Waals surface area contributed by atoms with E-state index in [2.05, 4.69) is 63.9 Å². The monoisotopic (exact) mass is 310 g/mol. The van der Waals surface area contributed by atoms with E-state index in [0.717, 1.165) is 13.1 Å². The van der Waals surface area contributed by atoms with E-state index in [1.54, 1.807) is 0 Å². The van der Waals surface area contributed by atoms with Crippen molar-refractivity contribution >= 4 is 11.3 Å². The number of unbranched alkanes of at least 4 members (excludes halogenated alkanes) is 2. The molecule has 1 rings (SSSR count). The molecule has 2 nitrogen and oxygen atoms in total. The predicted octanol–water partition coefficient (Wildman–Crippen LogP) is 5.04. The molecule has 1 aromatic rings. The van der Waals surface area contributed by atoms with E-state index in [4.69, 9.17) is 0 Å². The molecule has 0 aliphatic heterocycles. The first-order valence-electron chi connectivity index (χ1n) is 8.38. The highest BCUT2D eigenvalue weighted by Gasteiger charge is 2.13. The molecule has 0 unspecified atom stereocenters. The van der Waals surface area contributed by atoms with Crippen molar-refractivity contribution in [1.29, 1.82) is 0 Å². The van der Waals surface area contributed by atoms with Crippen molar-refractivity contribution in [3.05, 3.63) is 21.9 Å². The Bertz CT molecular complexity index is 390. The van der Waals surface area contributed by atoms with Gasteiger partial charge in [-0.3, -0.25) is 4.90 Å². The maximum atomic E-state index is 3.57. The molecule has 0 aliphatic carbocycles. The van der Waals surface area contributed by atoms with Crippen molar-refractivity contribution < 1.29 is 0 Å². The molecular formula is C18H34N2S. The van der Waals surface area contributed by atoms with Crippen molar-refractivity contribution in [2.75, 3.05) is 6.54 Å². The van der Waals surface area contributed by atoms with Gasteiger partial charge in [0.05, 0.1) is 0 Å². The molecule has 0 aromatic carbocycles. The van der Waals surface area contributed by atoms with E-state index in [0.29, 0.717) is 6.04 Å². The van der Waals surface area contributed by atoms with Crippen LogP contribution in [0.15, 0.2) is 12.1 Å². The molecule has 0 spiro atoms. The second kappa shape index (κ2) is 8.92. The van der Waals surface area contributed by atoms with Gasteiger partial charge in [-0.05, 0) is 59.7 Å². The highest BCUT2D eigenvalue weighted by atomic mass is 32.1. The first-order chi connectivity index (χ1) is 9.81. The van der Waals surface area contributed by atoms with Gasteiger partial charge in [0.1, 0.15) is 0 Å². The van der Waals surface area contributed by atoms with Crippen LogP contribution in [0, 0.1) is 0 Å². The minimum atomic E-state index is 0.189. The molecule has 1 N–H and O–H groups in total. The number of hydrogen-bond acceptors (Lipinski definition) is 3. The quantitative estimate of drug-likeness (QED) is 0.643. The fourth-order valence-corrected chi connectivity index (χ4v) is 3.22. The molecular weight excluding hydrogens is 276 g/mol. The normalized spacial score (nSPS) is 12.6. The van der Waals surface area contributed by atoms with Crippen LogP contribution in [0.25, 0.3) is 0 Å². The highest BCUT2D eigenvalue weighted by molar-refractivity contribution is 7.11. The van der Waals surface area contributed by atoms with E-state index in [1.165, 1.54) is 35.6 Å². The number of nitrogens with zero attached hydrogens (tertiary/aromatic N) is 1. The molecule has 0 aliphatic rings. The Morgan fingerprint density at radius 2 is 1.81 bits per heavy atom. The van der Waals surface area contributed by atoms with E-state index in [1.807, 2.05) is 11.3 Å². The molecule has 122 valence electrons. The first-order valence-corrected chi connectivity index (χ1v) is 9.20. The standard InChI is InChI=1S/C18H34N2S/c1-7-8-9-12-20(15(2)3)14-17-11-10-16(21-17)13-19-18(4,5)6/h10-11,15,19H,7-9,12-14H2,1-6H3. The molecule has 0 bridgehead atoms. The van der Waals surface area contributed by atoms with Gasteiger partial charge in [-0.25, -0.2) is 0 Å². The molecule has 3 heteroatoms. The maximum Gasteiger partial charge on any atom is 0.0330 e. The number of rotatable bonds is 9. The SMILES string of the molecule is CCCCCN(Cc1ccc(CNC(C)(C)C)s1)C(C)C. The van der Waals surface area contributed by atoms with Crippen LogP contribution >= 0.6 is 11.3 Å². The topological polar surface area (TPSA) is 15.3 Å². The summed E-state index contributed by atoms with van der Waals surface area (Å²) in [6.07, 6.45) is 3.96. The van der Waals surface area contributed by atoms with Crippen LogP contribution in [-0.4, -0.2) is 23.0 Å². The Morgan fingerprint density at radius 1 is 1.14 bits per heavy atom. The van der Waals surface area contributed by atoms with Crippen molar-refractivity contribution in [1.82, 2.24) is 10.2 Å². The van der Waals surface area contributed by atoms with Gasteiger partial charge in [-0.1, -0.05) is 19.8 Å². The summed E-state index contributed by atoms with van der Waals surface area (Å²) >= 11 is 1.95. The average Bonchev–Trinajstić information content (AvgIpc) is 2.82. The highest BCUT2D eigenvalue weighted by Crippen LogP contribution is 2.20. The summed E-state index contributed by atoms with van der Waals surface area (Å²) in [4.78, 5) is 5.53. The van der Waals surface area contributed by atoms with Crippen LogP contribution in [0.2, 0.25) is 0 Å². The Morgan fingerprint density at radius 3 is 2.38 bits per heavy atom. The van der Waals surface area contributed by atoms with Gasteiger partial charge >= 0.3 is 0 Å². The third kappa shape index (κ3) is 7.98. The number of hydrogen-bond donors (Lipinski definition) is 1. The zero-order chi connectivity index (χ0) is 15.9. The lowest BCUT2D eigenvalue weighted by Crippen LogP contribution is -2.34. The van der Waals surface area contributed by atoms with Crippen molar-refractivity contribution in [3.63, 3.8) is 0 Å². The van der Waals surface area contributed by atoms with Gasteiger partial charge in [-0.2, -0.15) is 0 Å². The zero-order valence-electron chi connectivity index (χ0n) is 14.8. The smallest absolute Gasteiger partial charge is 0.0330 e. The first kappa shape index (κ1) is 18.7. The van der Waals surface area contributed by atoms with E-state index < -0.39 is 0 Å².